The lowest BCUT2D eigenvalue weighted by Crippen LogP contribution is -2.47. The Bertz CT molecular complexity index is 177. The summed E-state index contributed by atoms with van der Waals surface area (Å²) in [5, 5.41) is 0. The summed E-state index contributed by atoms with van der Waals surface area (Å²) in [6, 6.07) is 0.423. The molecule has 1 aliphatic rings. The topological polar surface area (TPSA) is 29.3 Å². The van der Waals surface area contributed by atoms with Crippen LogP contribution in [0.2, 0.25) is 0 Å². The third-order valence-electron chi connectivity index (χ3n) is 2.89. The summed E-state index contributed by atoms with van der Waals surface area (Å²) in [5.74, 6) is 0.688. The highest BCUT2D eigenvalue weighted by atomic mass is 15.1. The molecule has 76 valence electrons. The van der Waals surface area contributed by atoms with Crippen molar-refractivity contribution in [1.29, 1.82) is 0 Å². The van der Waals surface area contributed by atoms with Crippen molar-refractivity contribution in [1.82, 2.24) is 4.90 Å². The van der Waals surface area contributed by atoms with E-state index in [1.165, 1.54) is 12.0 Å². The molecule has 0 saturated carbocycles. The molecule has 0 radical (unpaired) electrons. The van der Waals surface area contributed by atoms with Gasteiger partial charge in [-0.15, -0.1) is 0 Å². The Morgan fingerprint density at radius 3 is 2.85 bits per heavy atom. The first-order valence-corrected chi connectivity index (χ1v) is 5.25. The normalized spacial score (nSPS) is 30.4. The zero-order valence-corrected chi connectivity index (χ0v) is 8.92. The van der Waals surface area contributed by atoms with Gasteiger partial charge in [-0.1, -0.05) is 25.5 Å². The molecule has 2 unspecified atom stereocenters. The van der Waals surface area contributed by atoms with Crippen LogP contribution in [0.4, 0.5) is 0 Å². The van der Waals surface area contributed by atoms with Crippen molar-refractivity contribution in [2.45, 2.75) is 32.7 Å². The molecule has 0 aromatic rings. The third-order valence-corrected chi connectivity index (χ3v) is 2.89. The zero-order chi connectivity index (χ0) is 9.84. The molecule has 1 rings (SSSR count). The molecular weight excluding hydrogens is 160 g/mol. The fraction of sp³-hybridized carbons (Fsp3) is 0.818. The summed E-state index contributed by atoms with van der Waals surface area (Å²) in [5.41, 5.74) is 7.29. The second-order valence-corrected chi connectivity index (χ2v) is 4.31. The molecule has 1 saturated heterocycles. The Labute approximate surface area is 81.8 Å². The van der Waals surface area contributed by atoms with Gasteiger partial charge in [0, 0.05) is 19.1 Å². The number of rotatable bonds is 3. The van der Waals surface area contributed by atoms with Crippen molar-refractivity contribution in [2.75, 3.05) is 19.6 Å². The van der Waals surface area contributed by atoms with Gasteiger partial charge < -0.3 is 5.73 Å². The Kier molecular flexibility index (Phi) is 3.94. The number of nitrogens with zero attached hydrogens (tertiary/aromatic N) is 1. The molecule has 2 N–H and O–H groups in total. The Morgan fingerprint density at radius 1 is 1.62 bits per heavy atom. The molecule has 1 aliphatic heterocycles. The van der Waals surface area contributed by atoms with Crippen molar-refractivity contribution in [3.05, 3.63) is 12.2 Å². The van der Waals surface area contributed by atoms with E-state index in [9.17, 15) is 0 Å². The van der Waals surface area contributed by atoms with Gasteiger partial charge in [0.2, 0.25) is 0 Å². The van der Waals surface area contributed by atoms with E-state index in [0.717, 1.165) is 26.1 Å². The average Bonchev–Trinajstić information content (AvgIpc) is 2.07. The molecule has 2 heteroatoms. The maximum absolute atomic E-state index is 6.03. The Balaban J connectivity index is 2.40. The quantitative estimate of drug-likeness (QED) is 0.672. The molecule has 0 aliphatic carbocycles. The van der Waals surface area contributed by atoms with Crippen LogP contribution in [0.25, 0.3) is 0 Å². The lowest BCUT2D eigenvalue weighted by molar-refractivity contribution is 0.163. The number of nitrogens with two attached hydrogens (primary N) is 1. The van der Waals surface area contributed by atoms with Crippen LogP contribution in [0.5, 0.6) is 0 Å². The smallest absolute Gasteiger partial charge is 0.0187 e. The highest BCUT2D eigenvalue weighted by molar-refractivity contribution is 4.94. The molecule has 0 aromatic heterocycles. The number of piperidine rings is 1. The lowest BCUT2D eigenvalue weighted by Gasteiger charge is -2.36. The molecule has 0 spiro atoms. The first-order valence-electron chi connectivity index (χ1n) is 5.25. The van der Waals surface area contributed by atoms with Gasteiger partial charge in [-0.3, -0.25) is 4.90 Å². The minimum absolute atomic E-state index is 0.423. The largest absolute Gasteiger partial charge is 0.327 e. The highest BCUT2D eigenvalue weighted by Crippen LogP contribution is 2.18. The molecule has 13 heavy (non-hydrogen) atoms. The number of likely N-dealkylation sites (tertiary alicyclic amines) is 1. The molecule has 0 amide bonds. The van der Waals surface area contributed by atoms with Crippen molar-refractivity contribution in [2.24, 2.45) is 11.7 Å². The van der Waals surface area contributed by atoms with Gasteiger partial charge >= 0.3 is 0 Å². The van der Waals surface area contributed by atoms with E-state index < -0.39 is 0 Å². The van der Waals surface area contributed by atoms with Crippen molar-refractivity contribution >= 4 is 0 Å². The average molecular weight is 182 g/mol. The molecule has 1 fully saturated rings. The Hall–Kier alpha value is -0.340. The van der Waals surface area contributed by atoms with Gasteiger partial charge in [-0.25, -0.2) is 0 Å². The summed E-state index contributed by atoms with van der Waals surface area (Å²) in [6.07, 6.45) is 2.35. The fourth-order valence-corrected chi connectivity index (χ4v) is 2.08. The van der Waals surface area contributed by atoms with Crippen LogP contribution in [0.15, 0.2) is 12.2 Å². The van der Waals surface area contributed by atoms with Gasteiger partial charge in [0.05, 0.1) is 0 Å². The van der Waals surface area contributed by atoms with E-state index in [-0.39, 0.29) is 0 Å². The van der Waals surface area contributed by atoms with Crippen LogP contribution in [-0.4, -0.2) is 30.6 Å². The second-order valence-electron chi connectivity index (χ2n) is 4.31. The van der Waals surface area contributed by atoms with E-state index in [1.807, 2.05) is 0 Å². The van der Waals surface area contributed by atoms with Crippen LogP contribution in [0.1, 0.15) is 26.7 Å². The molecule has 1 heterocycles. The minimum Gasteiger partial charge on any atom is -0.327 e. The summed E-state index contributed by atoms with van der Waals surface area (Å²) >= 11 is 0. The SMILES string of the molecule is C=C(C)CN1CCC(N)C(CC)C1. The summed E-state index contributed by atoms with van der Waals surface area (Å²) < 4.78 is 0. The van der Waals surface area contributed by atoms with E-state index in [0.29, 0.717) is 12.0 Å². The van der Waals surface area contributed by atoms with Gasteiger partial charge in [0.1, 0.15) is 0 Å². The standard InChI is InChI=1S/C11H22N2/c1-4-10-8-13(7-9(2)3)6-5-11(10)12/h10-11H,2,4-8,12H2,1,3H3. The van der Waals surface area contributed by atoms with Crippen LogP contribution < -0.4 is 5.73 Å². The van der Waals surface area contributed by atoms with Crippen LogP contribution in [0.3, 0.4) is 0 Å². The van der Waals surface area contributed by atoms with Crippen molar-refractivity contribution < 1.29 is 0 Å². The monoisotopic (exact) mass is 182 g/mol. The van der Waals surface area contributed by atoms with Crippen LogP contribution in [0, 0.1) is 5.92 Å². The van der Waals surface area contributed by atoms with Crippen LogP contribution >= 0.6 is 0 Å². The van der Waals surface area contributed by atoms with Crippen molar-refractivity contribution in [3.63, 3.8) is 0 Å². The van der Waals surface area contributed by atoms with Gasteiger partial charge in [0.25, 0.3) is 0 Å². The lowest BCUT2D eigenvalue weighted by atomic mass is 9.90. The number of hydrogen-bond acceptors (Lipinski definition) is 2. The maximum Gasteiger partial charge on any atom is 0.0187 e. The summed E-state index contributed by atoms with van der Waals surface area (Å²) in [7, 11) is 0. The molecule has 2 atom stereocenters. The van der Waals surface area contributed by atoms with Crippen molar-refractivity contribution in [3.8, 4) is 0 Å². The van der Waals surface area contributed by atoms with Gasteiger partial charge in [-0.2, -0.15) is 0 Å². The summed E-state index contributed by atoms with van der Waals surface area (Å²) in [4.78, 5) is 2.47. The fourth-order valence-electron chi connectivity index (χ4n) is 2.08. The van der Waals surface area contributed by atoms with E-state index in [1.54, 1.807) is 0 Å². The maximum atomic E-state index is 6.03. The van der Waals surface area contributed by atoms with Gasteiger partial charge in [0.15, 0.2) is 0 Å². The number of hydrogen-bond donors (Lipinski definition) is 1. The van der Waals surface area contributed by atoms with E-state index in [2.05, 4.69) is 25.3 Å². The molecular formula is C11H22N2. The van der Waals surface area contributed by atoms with Gasteiger partial charge in [-0.05, 0) is 25.8 Å². The predicted octanol–water partition coefficient (Wildman–Crippen LogP) is 1.62. The van der Waals surface area contributed by atoms with E-state index >= 15 is 0 Å². The highest BCUT2D eigenvalue weighted by Gasteiger charge is 2.24. The van der Waals surface area contributed by atoms with E-state index in [4.69, 9.17) is 5.73 Å². The van der Waals surface area contributed by atoms with Crippen LogP contribution in [-0.2, 0) is 0 Å². The third kappa shape index (κ3) is 3.12. The molecule has 0 aromatic carbocycles. The minimum atomic E-state index is 0.423. The second kappa shape index (κ2) is 4.77. The predicted molar refractivity (Wildman–Crippen MR) is 57.6 cm³/mol. The summed E-state index contributed by atoms with van der Waals surface area (Å²) in [6.45, 7) is 11.6. The molecule has 2 nitrogen and oxygen atoms in total. The molecule has 0 bridgehead atoms. The first-order chi connectivity index (χ1) is 6.13. The first kappa shape index (κ1) is 10.7. The zero-order valence-electron chi connectivity index (χ0n) is 8.92. The Morgan fingerprint density at radius 2 is 2.31 bits per heavy atom.